The average molecular weight is 179 g/mol. The fourth-order valence-corrected chi connectivity index (χ4v) is 0.575. The summed E-state index contributed by atoms with van der Waals surface area (Å²) in [5.41, 5.74) is 4.10. The summed E-state index contributed by atoms with van der Waals surface area (Å²) in [6.07, 6.45) is 0.00301. The Kier molecular flexibility index (Phi) is 3.49. The van der Waals surface area contributed by atoms with Gasteiger partial charge in [-0.3, -0.25) is 15.0 Å². The number of carbonyl (C=O) groups excluding carboxylic acids is 2. The summed E-state index contributed by atoms with van der Waals surface area (Å²) in [4.78, 5) is 21.0. The minimum absolute atomic E-state index is 0. The van der Waals surface area contributed by atoms with Crippen LogP contribution in [0.5, 0.6) is 0 Å². The Balaban J connectivity index is 0.000001000. The summed E-state index contributed by atoms with van der Waals surface area (Å²) >= 11 is 0. The van der Waals surface area contributed by atoms with Crippen molar-refractivity contribution < 1.29 is 9.59 Å². The highest BCUT2D eigenvalue weighted by atomic mass is 35.5. The predicted octanol–water partition coefficient (Wildman–Crippen LogP) is -1.73. The monoisotopic (exact) mass is 178 g/mol. The van der Waals surface area contributed by atoms with Gasteiger partial charge < -0.3 is 0 Å². The lowest BCUT2D eigenvalue weighted by atomic mass is 10.3. The molecular weight excluding hydrogens is 172 g/mol. The van der Waals surface area contributed by atoms with E-state index in [0.717, 1.165) is 0 Å². The molecule has 7 heteroatoms. The van der Waals surface area contributed by atoms with Crippen LogP contribution in [-0.2, 0) is 9.59 Å². The van der Waals surface area contributed by atoms with E-state index in [2.05, 4.69) is 10.5 Å². The largest absolute Gasteiger partial charge is 0.289 e. The molecule has 6 nitrogen and oxygen atoms in total. The summed E-state index contributed by atoms with van der Waals surface area (Å²) in [5, 5.41) is 3.41. The van der Waals surface area contributed by atoms with Crippen LogP contribution in [0.1, 0.15) is 6.42 Å². The summed E-state index contributed by atoms with van der Waals surface area (Å²) in [6, 6.07) is 0. The number of amides is 2. The molecule has 0 aromatic heterocycles. The van der Waals surface area contributed by atoms with E-state index in [9.17, 15) is 9.59 Å². The lowest BCUT2D eigenvalue weighted by molar-refractivity contribution is -0.120. The van der Waals surface area contributed by atoms with Crippen LogP contribution < -0.4 is 16.7 Å². The number of nitrogens with zero attached hydrogens (tertiary/aromatic N) is 1. The van der Waals surface area contributed by atoms with Gasteiger partial charge in [-0.15, -0.1) is 12.4 Å². The lowest BCUT2D eigenvalue weighted by Gasteiger charge is -1.92. The Morgan fingerprint density at radius 3 is 2.73 bits per heavy atom. The van der Waals surface area contributed by atoms with E-state index in [-0.39, 0.29) is 30.4 Å². The second kappa shape index (κ2) is 3.89. The first-order valence-electron chi connectivity index (χ1n) is 2.60. The van der Waals surface area contributed by atoms with Crippen LogP contribution >= 0.6 is 12.4 Å². The number of nitrogens with one attached hydrogen (secondary N) is 2. The average Bonchev–Trinajstić information content (AvgIpc) is 2.34. The van der Waals surface area contributed by atoms with E-state index in [1.165, 1.54) is 0 Å². The highest BCUT2D eigenvalue weighted by Gasteiger charge is 2.19. The van der Waals surface area contributed by atoms with Crippen molar-refractivity contribution in [3.05, 3.63) is 0 Å². The fraction of sp³-hybridized carbons (Fsp3) is 0.250. The molecule has 1 aliphatic rings. The van der Waals surface area contributed by atoms with Crippen LogP contribution in [0.3, 0.4) is 0 Å². The number of halogens is 1. The third-order valence-corrected chi connectivity index (χ3v) is 1.04. The first-order chi connectivity index (χ1) is 4.74. The fourth-order valence-electron chi connectivity index (χ4n) is 0.575. The quantitative estimate of drug-likeness (QED) is 0.253. The zero-order chi connectivity index (χ0) is 7.56. The van der Waals surface area contributed by atoms with Crippen LogP contribution in [0.2, 0.25) is 0 Å². The Labute approximate surface area is 68.6 Å². The second-order valence-corrected chi connectivity index (χ2v) is 1.74. The van der Waals surface area contributed by atoms with E-state index in [1.54, 1.807) is 0 Å². The summed E-state index contributed by atoms with van der Waals surface area (Å²) in [7, 11) is 0. The van der Waals surface area contributed by atoms with Crippen molar-refractivity contribution >= 4 is 29.9 Å². The van der Waals surface area contributed by atoms with Crippen molar-refractivity contribution in [3.63, 3.8) is 0 Å². The van der Waals surface area contributed by atoms with Gasteiger partial charge in [-0.1, -0.05) is 0 Å². The Morgan fingerprint density at radius 2 is 2.36 bits per heavy atom. The molecular formula is C4H7ClN4O2. The Hall–Kier alpha value is -1.14. The van der Waals surface area contributed by atoms with Gasteiger partial charge in [0.2, 0.25) is 5.91 Å². The highest BCUT2D eigenvalue weighted by Crippen LogP contribution is 1.93. The van der Waals surface area contributed by atoms with Crippen molar-refractivity contribution in [2.24, 2.45) is 10.9 Å². The van der Waals surface area contributed by atoms with Gasteiger partial charge in [0.15, 0.2) is 0 Å². The van der Waals surface area contributed by atoms with Crippen LogP contribution in [-0.4, -0.2) is 17.5 Å². The van der Waals surface area contributed by atoms with Crippen molar-refractivity contribution in [3.8, 4) is 0 Å². The molecule has 0 unspecified atom stereocenters. The first kappa shape index (κ1) is 9.86. The van der Waals surface area contributed by atoms with E-state index in [0.29, 0.717) is 0 Å². The van der Waals surface area contributed by atoms with Gasteiger partial charge in [0.1, 0.15) is 5.71 Å². The van der Waals surface area contributed by atoms with Gasteiger partial charge in [0.25, 0.3) is 5.91 Å². The van der Waals surface area contributed by atoms with Crippen LogP contribution in [0.4, 0.5) is 0 Å². The zero-order valence-electron chi connectivity index (χ0n) is 5.46. The third kappa shape index (κ3) is 2.17. The molecule has 2 amide bonds. The lowest BCUT2D eigenvalue weighted by Crippen LogP contribution is -2.35. The van der Waals surface area contributed by atoms with E-state index in [1.807, 2.05) is 5.43 Å². The Bertz CT molecular complexity index is 214. The van der Waals surface area contributed by atoms with Crippen molar-refractivity contribution in [1.29, 1.82) is 0 Å². The van der Waals surface area contributed by atoms with Crippen LogP contribution in [0, 0.1) is 0 Å². The van der Waals surface area contributed by atoms with E-state index < -0.39 is 5.91 Å². The van der Waals surface area contributed by atoms with Gasteiger partial charge in [0, 0.05) is 0 Å². The SMILES string of the molecule is Cl.NNC(=O)C1=NNC(=O)C1. The van der Waals surface area contributed by atoms with Gasteiger partial charge in [0.05, 0.1) is 6.42 Å². The normalized spacial score (nSPS) is 14.6. The molecule has 0 radical (unpaired) electrons. The van der Waals surface area contributed by atoms with E-state index >= 15 is 0 Å². The minimum Gasteiger partial charge on any atom is -0.289 e. The molecule has 0 aliphatic carbocycles. The molecule has 0 atom stereocenters. The summed E-state index contributed by atoms with van der Waals surface area (Å²) in [6.45, 7) is 0. The maximum atomic E-state index is 10.6. The molecule has 11 heavy (non-hydrogen) atoms. The molecule has 0 aromatic rings. The molecule has 0 aromatic carbocycles. The minimum atomic E-state index is -0.529. The number of rotatable bonds is 1. The van der Waals surface area contributed by atoms with E-state index in [4.69, 9.17) is 5.84 Å². The molecule has 1 rings (SSSR count). The smallest absolute Gasteiger partial charge is 0.281 e. The number of hydrogen-bond acceptors (Lipinski definition) is 4. The first-order valence-corrected chi connectivity index (χ1v) is 2.60. The van der Waals surface area contributed by atoms with Gasteiger partial charge >= 0.3 is 0 Å². The number of nitrogens with two attached hydrogens (primary N) is 1. The standard InChI is InChI=1S/C4H6N4O2.ClH/c5-6-4(10)2-1-3(9)8-7-2;/h1,5H2,(H,6,10)(H,8,9);1H. The third-order valence-electron chi connectivity index (χ3n) is 1.04. The topological polar surface area (TPSA) is 96.6 Å². The number of hydrazone groups is 1. The van der Waals surface area contributed by atoms with Crippen molar-refractivity contribution in [2.75, 3.05) is 0 Å². The number of carbonyl (C=O) groups is 2. The highest BCUT2D eigenvalue weighted by molar-refractivity contribution is 6.42. The number of hydrazine groups is 1. The molecule has 0 spiro atoms. The maximum absolute atomic E-state index is 10.6. The molecule has 0 saturated carbocycles. The molecule has 4 N–H and O–H groups in total. The van der Waals surface area contributed by atoms with Crippen LogP contribution in [0.25, 0.3) is 0 Å². The molecule has 0 fully saturated rings. The molecule has 0 saturated heterocycles. The van der Waals surface area contributed by atoms with Gasteiger partial charge in [-0.05, 0) is 0 Å². The Morgan fingerprint density at radius 1 is 1.73 bits per heavy atom. The maximum Gasteiger partial charge on any atom is 0.281 e. The zero-order valence-corrected chi connectivity index (χ0v) is 6.27. The van der Waals surface area contributed by atoms with Gasteiger partial charge in [-0.25, -0.2) is 11.3 Å². The predicted molar refractivity (Wildman–Crippen MR) is 39.8 cm³/mol. The summed E-state index contributed by atoms with van der Waals surface area (Å²) in [5.74, 6) is 3.96. The molecule has 62 valence electrons. The van der Waals surface area contributed by atoms with Crippen LogP contribution in [0.15, 0.2) is 5.10 Å². The van der Waals surface area contributed by atoms with Crippen molar-refractivity contribution in [1.82, 2.24) is 10.9 Å². The molecule has 1 heterocycles. The molecule has 1 aliphatic heterocycles. The second-order valence-electron chi connectivity index (χ2n) is 1.74. The number of hydrogen-bond donors (Lipinski definition) is 3. The van der Waals surface area contributed by atoms with Gasteiger partial charge in [-0.2, -0.15) is 5.10 Å². The summed E-state index contributed by atoms with van der Waals surface area (Å²) < 4.78 is 0. The molecule has 0 bridgehead atoms. The van der Waals surface area contributed by atoms with Crippen molar-refractivity contribution in [2.45, 2.75) is 6.42 Å².